The first-order valence-electron chi connectivity index (χ1n) is 12.6. The molecular weight excluding hydrogens is 529 g/mol. The summed E-state index contributed by atoms with van der Waals surface area (Å²) < 4.78 is 67.9. The van der Waals surface area contributed by atoms with E-state index in [0.717, 1.165) is 17.7 Å². The van der Waals surface area contributed by atoms with Crippen molar-refractivity contribution in [1.82, 2.24) is 14.9 Å². The van der Waals surface area contributed by atoms with E-state index in [1.807, 2.05) is 30.3 Å². The van der Waals surface area contributed by atoms with Crippen LogP contribution in [0.25, 0.3) is 0 Å². The molecule has 4 N–H and O–H groups in total. The zero-order chi connectivity index (χ0) is 28.0. The van der Waals surface area contributed by atoms with Crippen LogP contribution in [-0.4, -0.2) is 50.3 Å². The van der Waals surface area contributed by atoms with Gasteiger partial charge in [0.15, 0.2) is 0 Å². The molecule has 0 saturated carbocycles. The number of sulfonamides is 1. The maximum atomic E-state index is 13.8. The van der Waals surface area contributed by atoms with E-state index in [0.29, 0.717) is 31.5 Å². The van der Waals surface area contributed by atoms with Crippen LogP contribution in [-0.2, 0) is 29.2 Å². The largest absolute Gasteiger partial charge is 0.416 e. The molecule has 1 aliphatic heterocycles. The standard InChI is InChI=1S/C28H31F3N4O3S/c29-28(30,31)23-12-8-21(9-13-23)17-34-25-18-33-19-26(25)35(16-4-7-20-5-2-1-3-6-20)39(37,38)24-14-10-22(11-15-24)27(32)36/h1-3,5-6,8-15,25-26,33-34H,4,7,16-19H2,(H2,32,36)/t25-,26-/m0/s1. The minimum atomic E-state index is -4.41. The Labute approximate surface area is 226 Å². The highest BCUT2D eigenvalue weighted by Crippen LogP contribution is 2.29. The third kappa shape index (κ3) is 7.24. The van der Waals surface area contributed by atoms with Gasteiger partial charge in [-0.05, 0) is 60.4 Å². The highest BCUT2D eigenvalue weighted by atomic mass is 32.2. The molecule has 0 spiro atoms. The number of aryl methyl sites for hydroxylation is 1. The molecule has 0 bridgehead atoms. The molecule has 1 amide bonds. The van der Waals surface area contributed by atoms with Crippen LogP contribution >= 0.6 is 0 Å². The van der Waals surface area contributed by atoms with E-state index in [9.17, 15) is 26.4 Å². The molecule has 1 saturated heterocycles. The molecule has 0 unspecified atom stereocenters. The number of nitrogens with zero attached hydrogens (tertiary/aromatic N) is 1. The molecule has 1 aliphatic rings. The van der Waals surface area contributed by atoms with Crippen LogP contribution in [0.2, 0.25) is 0 Å². The minimum absolute atomic E-state index is 0.0561. The number of hydrogen-bond acceptors (Lipinski definition) is 5. The van der Waals surface area contributed by atoms with Crippen molar-refractivity contribution in [3.63, 3.8) is 0 Å². The minimum Gasteiger partial charge on any atom is -0.366 e. The number of hydrogen-bond donors (Lipinski definition) is 3. The number of nitrogens with one attached hydrogen (secondary N) is 2. The van der Waals surface area contributed by atoms with Gasteiger partial charge in [-0.1, -0.05) is 42.5 Å². The third-order valence-corrected chi connectivity index (χ3v) is 8.77. The number of carbonyl (C=O) groups excluding carboxylic acids is 1. The van der Waals surface area contributed by atoms with Gasteiger partial charge in [-0.2, -0.15) is 17.5 Å². The van der Waals surface area contributed by atoms with Crippen LogP contribution in [0.1, 0.15) is 33.5 Å². The molecule has 1 fully saturated rings. The number of alkyl halides is 3. The van der Waals surface area contributed by atoms with Crippen LogP contribution < -0.4 is 16.4 Å². The topological polar surface area (TPSA) is 105 Å². The predicted octanol–water partition coefficient (Wildman–Crippen LogP) is 3.56. The average molecular weight is 561 g/mol. The van der Waals surface area contributed by atoms with Crippen LogP contribution in [0.5, 0.6) is 0 Å². The van der Waals surface area contributed by atoms with Crippen molar-refractivity contribution in [3.05, 3.63) is 101 Å². The first-order valence-corrected chi connectivity index (χ1v) is 14.1. The van der Waals surface area contributed by atoms with Gasteiger partial charge in [-0.25, -0.2) is 8.42 Å². The quantitative estimate of drug-likeness (QED) is 0.333. The maximum absolute atomic E-state index is 13.8. The molecule has 7 nitrogen and oxygen atoms in total. The van der Waals surface area contributed by atoms with Gasteiger partial charge in [-0.3, -0.25) is 4.79 Å². The Hall–Kier alpha value is -3.25. The maximum Gasteiger partial charge on any atom is 0.416 e. The number of nitrogens with two attached hydrogens (primary N) is 1. The highest BCUT2D eigenvalue weighted by molar-refractivity contribution is 7.89. The summed E-state index contributed by atoms with van der Waals surface area (Å²) in [5, 5.41) is 6.58. The molecule has 0 aromatic heterocycles. The lowest BCUT2D eigenvalue weighted by Gasteiger charge is -2.32. The number of rotatable bonds is 11. The second-order valence-corrected chi connectivity index (χ2v) is 11.4. The van der Waals surface area contributed by atoms with Gasteiger partial charge < -0.3 is 16.4 Å². The Bertz CT molecular complexity index is 1350. The summed E-state index contributed by atoms with van der Waals surface area (Å²) in [6.07, 6.45) is -3.13. The number of halogens is 3. The van der Waals surface area contributed by atoms with Crippen molar-refractivity contribution >= 4 is 15.9 Å². The molecule has 3 aromatic carbocycles. The van der Waals surface area contributed by atoms with Gasteiger partial charge >= 0.3 is 6.18 Å². The molecule has 3 aromatic rings. The molecule has 208 valence electrons. The van der Waals surface area contributed by atoms with Gasteiger partial charge in [0.05, 0.1) is 16.5 Å². The fraction of sp³-hybridized carbons (Fsp3) is 0.321. The van der Waals surface area contributed by atoms with E-state index in [-0.39, 0.29) is 29.6 Å². The zero-order valence-electron chi connectivity index (χ0n) is 21.2. The predicted molar refractivity (Wildman–Crippen MR) is 142 cm³/mol. The fourth-order valence-electron chi connectivity index (χ4n) is 4.71. The van der Waals surface area contributed by atoms with Crippen molar-refractivity contribution in [2.45, 2.75) is 42.5 Å². The summed E-state index contributed by atoms with van der Waals surface area (Å²) >= 11 is 0. The highest BCUT2D eigenvalue weighted by Gasteiger charge is 2.38. The van der Waals surface area contributed by atoms with Crippen LogP contribution in [0.4, 0.5) is 13.2 Å². The van der Waals surface area contributed by atoms with Gasteiger partial charge in [0.1, 0.15) is 0 Å². The summed E-state index contributed by atoms with van der Waals surface area (Å²) in [5.74, 6) is -0.647. The van der Waals surface area contributed by atoms with Crippen LogP contribution in [0.3, 0.4) is 0 Å². The Morgan fingerprint density at radius 1 is 0.949 bits per heavy atom. The average Bonchev–Trinajstić information content (AvgIpc) is 3.38. The van der Waals surface area contributed by atoms with E-state index in [4.69, 9.17) is 5.73 Å². The van der Waals surface area contributed by atoms with Gasteiger partial charge in [0.25, 0.3) is 0 Å². The second kappa shape index (κ2) is 12.3. The second-order valence-electron chi connectivity index (χ2n) is 9.50. The fourth-order valence-corrected chi connectivity index (χ4v) is 6.41. The number of primary amides is 1. The monoisotopic (exact) mass is 560 g/mol. The normalized spacial score (nSPS) is 17.9. The van der Waals surface area contributed by atoms with Crippen molar-refractivity contribution in [2.24, 2.45) is 5.73 Å². The Morgan fingerprint density at radius 3 is 2.23 bits per heavy atom. The van der Waals surface area contributed by atoms with Crippen LogP contribution in [0, 0.1) is 0 Å². The molecular formula is C28H31F3N4O3S. The lowest BCUT2D eigenvalue weighted by atomic mass is 10.1. The first-order chi connectivity index (χ1) is 18.6. The molecule has 2 atom stereocenters. The van der Waals surface area contributed by atoms with Crippen molar-refractivity contribution in [2.75, 3.05) is 19.6 Å². The lowest BCUT2D eigenvalue weighted by molar-refractivity contribution is -0.137. The Balaban J connectivity index is 1.53. The van der Waals surface area contributed by atoms with E-state index >= 15 is 0 Å². The summed E-state index contributed by atoms with van der Waals surface area (Å²) in [7, 11) is -3.94. The first kappa shape index (κ1) is 28.8. The summed E-state index contributed by atoms with van der Waals surface area (Å²) in [4.78, 5) is 11.5. The lowest BCUT2D eigenvalue weighted by Crippen LogP contribution is -2.51. The smallest absolute Gasteiger partial charge is 0.366 e. The van der Waals surface area contributed by atoms with Crippen molar-refractivity contribution in [3.8, 4) is 0 Å². The molecule has 11 heteroatoms. The Kier molecular flexibility index (Phi) is 9.06. The number of carbonyl (C=O) groups is 1. The number of benzene rings is 3. The summed E-state index contributed by atoms with van der Waals surface area (Å²) in [6.45, 7) is 1.46. The SMILES string of the molecule is NC(=O)c1ccc(S(=O)(=O)N(CCCc2ccccc2)[C@H]2CNC[C@@H]2NCc2ccc(C(F)(F)F)cc2)cc1. The van der Waals surface area contributed by atoms with Crippen molar-refractivity contribution in [1.29, 1.82) is 0 Å². The van der Waals surface area contributed by atoms with Crippen LogP contribution in [0.15, 0.2) is 83.8 Å². The third-order valence-electron chi connectivity index (χ3n) is 6.83. The zero-order valence-corrected chi connectivity index (χ0v) is 22.0. The molecule has 39 heavy (non-hydrogen) atoms. The molecule has 0 radical (unpaired) electrons. The van der Waals surface area contributed by atoms with E-state index in [2.05, 4.69) is 10.6 Å². The van der Waals surface area contributed by atoms with Crippen molar-refractivity contribution < 1.29 is 26.4 Å². The molecule has 1 heterocycles. The van der Waals surface area contributed by atoms with E-state index in [1.54, 1.807) is 0 Å². The van der Waals surface area contributed by atoms with Gasteiger partial charge in [-0.15, -0.1) is 0 Å². The molecule has 0 aliphatic carbocycles. The molecule has 4 rings (SSSR count). The van der Waals surface area contributed by atoms with E-state index < -0.39 is 33.7 Å². The number of amides is 1. The van der Waals surface area contributed by atoms with E-state index in [1.165, 1.54) is 40.7 Å². The Morgan fingerprint density at radius 2 is 1.62 bits per heavy atom. The summed E-state index contributed by atoms with van der Waals surface area (Å²) in [6, 6.07) is 19.5. The summed E-state index contributed by atoms with van der Waals surface area (Å²) in [5.41, 5.74) is 6.57. The van der Waals surface area contributed by atoms with Gasteiger partial charge in [0.2, 0.25) is 15.9 Å². The van der Waals surface area contributed by atoms with Gasteiger partial charge in [0, 0.05) is 37.8 Å².